The van der Waals surface area contributed by atoms with Gasteiger partial charge in [-0.3, -0.25) is 4.68 Å². The van der Waals surface area contributed by atoms with Crippen LogP contribution in [0.5, 0.6) is 0 Å². The molecule has 1 aliphatic rings. The van der Waals surface area contributed by atoms with Gasteiger partial charge in [-0.1, -0.05) is 6.92 Å². The Balaban J connectivity index is 2.16. The quantitative estimate of drug-likeness (QED) is 0.849. The van der Waals surface area contributed by atoms with Crippen LogP contribution in [0.15, 0.2) is 17.3 Å². The highest BCUT2D eigenvalue weighted by Gasteiger charge is 2.30. The zero-order chi connectivity index (χ0) is 13.9. The summed E-state index contributed by atoms with van der Waals surface area (Å²) in [5, 5.41) is 4.42. The van der Waals surface area contributed by atoms with E-state index in [-0.39, 0.29) is 4.90 Å². The lowest BCUT2D eigenvalue weighted by atomic mass is 10.3. The summed E-state index contributed by atoms with van der Waals surface area (Å²) in [6.45, 7) is 4.23. The second-order valence-corrected chi connectivity index (χ2v) is 7.84. The van der Waals surface area contributed by atoms with Crippen molar-refractivity contribution in [3.63, 3.8) is 0 Å². The SMILES string of the molecule is CCC1CN(S(=O)(=O)c2cnn(CCN)c2)CCS1. The average Bonchev–Trinajstić information content (AvgIpc) is 2.88. The summed E-state index contributed by atoms with van der Waals surface area (Å²) < 4.78 is 28.1. The Labute approximate surface area is 118 Å². The van der Waals surface area contributed by atoms with Crippen molar-refractivity contribution in [2.45, 2.75) is 30.0 Å². The van der Waals surface area contributed by atoms with E-state index in [0.717, 1.165) is 12.2 Å². The van der Waals surface area contributed by atoms with E-state index < -0.39 is 10.0 Å². The smallest absolute Gasteiger partial charge is 0.246 e. The van der Waals surface area contributed by atoms with E-state index in [2.05, 4.69) is 12.0 Å². The second kappa shape index (κ2) is 6.25. The first-order valence-corrected chi connectivity index (χ1v) is 8.91. The maximum absolute atomic E-state index is 12.5. The van der Waals surface area contributed by atoms with Crippen LogP contribution < -0.4 is 5.73 Å². The molecule has 2 rings (SSSR count). The molecule has 1 aromatic rings. The molecule has 0 spiro atoms. The molecule has 1 aromatic heterocycles. The third kappa shape index (κ3) is 3.31. The number of sulfonamides is 1. The summed E-state index contributed by atoms with van der Waals surface area (Å²) in [6, 6.07) is 0. The van der Waals surface area contributed by atoms with Gasteiger partial charge in [0.25, 0.3) is 0 Å². The first-order valence-electron chi connectivity index (χ1n) is 6.42. The predicted molar refractivity (Wildman–Crippen MR) is 76.6 cm³/mol. The molecule has 0 bridgehead atoms. The van der Waals surface area contributed by atoms with Crippen LogP contribution in [-0.2, 0) is 16.6 Å². The van der Waals surface area contributed by atoms with Crippen molar-refractivity contribution in [2.24, 2.45) is 5.73 Å². The van der Waals surface area contributed by atoms with Crippen molar-refractivity contribution in [1.29, 1.82) is 0 Å². The maximum atomic E-state index is 12.5. The molecule has 0 amide bonds. The number of hydrogen-bond donors (Lipinski definition) is 1. The second-order valence-electron chi connectivity index (χ2n) is 4.49. The van der Waals surface area contributed by atoms with E-state index in [1.165, 1.54) is 6.20 Å². The minimum absolute atomic E-state index is 0.266. The Bertz CT molecular complexity index is 515. The van der Waals surface area contributed by atoms with Crippen molar-refractivity contribution in [3.8, 4) is 0 Å². The number of nitrogens with two attached hydrogens (primary N) is 1. The molecule has 2 N–H and O–H groups in total. The highest BCUT2D eigenvalue weighted by atomic mass is 32.2. The third-order valence-corrected chi connectivity index (χ3v) is 6.35. The Morgan fingerprint density at radius 3 is 3.05 bits per heavy atom. The van der Waals surface area contributed by atoms with E-state index in [4.69, 9.17) is 5.73 Å². The van der Waals surface area contributed by atoms with Gasteiger partial charge in [0.15, 0.2) is 0 Å². The van der Waals surface area contributed by atoms with E-state index in [0.29, 0.717) is 31.4 Å². The Kier molecular flexibility index (Phi) is 4.88. The number of rotatable bonds is 5. The van der Waals surface area contributed by atoms with Gasteiger partial charge in [0.2, 0.25) is 10.0 Å². The Morgan fingerprint density at radius 2 is 2.37 bits per heavy atom. The summed E-state index contributed by atoms with van der Waals surface area (Å²) in [5.74, 6) is 0.856. The summed E-state index contributed by atoms with van der Waals surface area (Å²) >= 11 is 1.85. The molecule has 1 atom stereocenters. The van der Waals surface area contributed by atoms with Gasteiger partial charge in [-0.25, -0.2) is 8.42 Å². The van der Waals surface area contributed by atoms with Crippen LogP contribution in [-0.4, -0.2) is 53.1 Å². The molecule has 6 nitrogen and oxygen atoms in total. The molecular formula is C11H20N4O2S2. The Hall–Kier alpha value is -0.570. The van der Waals surface area contributed by atoms with Gasteiger partial charge in [-0.2, -0.15) is 21.2 Å². The van der Waals surface area contributed by atoms with Crippen LogP contribution in [0.25, 0.3) is 0 Å². The fourth-order valence-corrected chi connectivity index (χ4v) is 4.87. The minimum Gasteiger partial charge on any atom is -0.329 e. The van der Waals surface area contributed by atoms with Gasteiger partial charge in [-0.05, 0) is 6.42 Å². The van der Waals surface area contributed by atoms with Crippen LogP contribution in [0.4, 0.5) is 0 Å². The monoisotopic (exact) mass is 304 g/mol. The topological polar surface area (TPSA) is 81.2 Å². The molecule has 1 fully saturated rings. The van der Waals surface area contributed by atoms with E-state index in [1.54, 1.807) is 15.2 Å². The summed E-state index contributed by atoms with van der Waals surface area (Å²) in [4.78, 5) is 0.266. The fraction of sp³-hybridized carbons (Fsp3) is 0.727. The molecular weight excluding hydrogens is 284 g/mol. The van der Waals surface area contributed by atoms with Crippen LogP contribution in [0.2, 0.25) is 0 Å². The maximum Gasteiger partial charge on any atom is 0.246 e. The summed E-state index contributed by atoms with van der Waals surface area (Å²) in [5.41, 5.74) is 5.43. The molecule has 0 aliphatic carbocycles. The molecule has 1 aliphatic heterocycles. The molecule has 1 saturated heterocycles. The number of aromatic nitrogens is 2. The first kappa shape index (κ1) is 14.8. The molecule has 0 aromatic carbocycles. The van der Waals surface area contributed by atoms with Gasteiger partial charge in [0.1, 0.15) is 4.90 Å². The lowest BCUT2D eigenvalue weighted by Crippen LogP contribution is -2.41. The van der Waals surface area contributed by atoms with Crippen LogP contribution >= 0.6 is 11.8 Å². The number of hydrogen-bond acceptors (Lipinski definition) is 5. The van der Waals surface area contributed by atoms with Crippen molar-refractivity contribution in [3.05, 3.63) is 12.4 Å². The van der Waals surface area contributed by atoms with Gasteiger partial charge >= 0.3 is 0 Å². The number of thioether (sulfide) groups is 1. The summed E-state index contributed by atoms with van der Waals surface area (Å²) in [7, 11) is -3.41. The van der Waals surface area contributed by atoms with Crippen LogP contribution in [0.1, 0.15) is 13.3 Å². The molecule has 8 heteroatoms. The van der Waals surface area contributed by atoms with Gasteiger partial charge < -0.3 is 5.73 Å². The van der Waals surface area contributed by atoms with Gasteiger partial charge in [-0.15, -0.1) is 0 Å². The van der Waals surface area contributed by atoms with Gasteiger partial charge in [0.05, 0.1) is 12.7 Å². The zero-order valence-corrected chi connectivity index (χ0v) is 12.7. The molecule has 2 heterocycles. The van der Waals surface area contributed by atoms with E-state index in [1.807, 2.05) is 11.8 Å². The van der Waals surface area contributed by atoms with Crippen molar-refractivity contribution in [1.82, 2.24) is 14.1 Å². The van der Waals surface area contributed by atoms with E-state index in [9.17, 15) is 8.42 Å². The standard InChI is InChI=1S/C11H20N4O2S2/c1-2-10-8-15(5-6-18-10)19(16,17)11-7-13-14(9-11)4-3-12/h7,9-10H,2-6,8,12H2,1H3. The lowest BCUT2D eigenvalue weighted by Gasteiger charge is -2.30. The molecule has 19 heavy (non-hydrogen) atoms. The molecule has 0 saturated carbocycles. The minimum atomic E-state index is -3.41. The highest BCUT2D eigenvalue weighted by molar-refractivity contribution is 8.00. The largest absolute Gasteiger partial charge is 0.329 e. The van der Waals surface area contributed by atoms with Crippen molar-refractivity contribution >= 4 is 21.8 Å². The van der Waals surface area contributed by atoms with Crippen LogP contribution in [0, 0.1) is 0 Å². The number of nitrogens with zero attached hydrogens (tertiary/aromatic N) is 3. The molecule has 0 radical (unpaired) electrons. The normalized spacial score (nSPS) is 21.7. The third-order valence-electron chi connectivity index (χ3n) is 3.16. The first-order chi connectivity index (χ1) is 9.07. The van der Waals surface area contributed by atoms with E-state index >= 15 is 0 Å². The van der Waals surface area contributed by atoms with Crippen molar-refractivity contribution in [2.75, 3.05) is 25.4 Å². The zero-order valence-electron chi connectivity index (χ0n) is 11.0. The average molecular weight is 304 g/mol. The molecule has 1 unspecified atom stereocenters. The predicted octanol–water partition coefficient (Wildman–Crippen LogP) is 0.358. The molecule has 108 valence electrons. The highest BCUT2D eigenvalue weighted by Crippen LogP contribution is 2.25. The van der Waals surface area contributed by atoms with Crippen LogP contribution in [0.3, 0.4) is 0 Å². The Morgan fingerprint density at radius 1 is 1.58 bits per heavy atom. The van der Waals surface area contributed by atoms with Crippen molar-refractivity contribution < 1.29 is 8.42 Å². The van der Waals surface area contributed by atoms with Gasteiger partial charge in [0, 0.05) is 36.8 Å². The fourth-order valence-electron chi connectivity index (χ4n) is 2.04. The lowest BCUT2D eigenvalue weighted by molar-refractivity contribution is 0.416. The summed E-state index contributed by atoms with van der Waals surface area (Å²) in [6.07, 6.45) is 3.96.